The average molecular weight is 233 g/mol. The highest BCUT2D eigenvalue weighted by Gasteiger charge is 2.23. The summed E-state index contributed by atoms with van der Waals surface area (Å²) >= 11 is 0. The summed E-state index contributed by atoms with van der Waals surface area (Å²) in [5, 5.41) is 29.2. The molecule has 0 aliphatic rings. The minimum Gasteiger partial charge on any atom is -0.465 e. The van der Waals surface area contributed by atoms with Gasteiger partial charge in [-0.15, -0.1) is 0 Å². The molecule has 0 fully saturated rings. The number of aliphatic hydroxyl groups excluding tert-OH is 1. The number of aliphatic hydroxyl groups is 1. The third-order valence-corrected chi connectivity index (χ3v) is 2.33. The van der Waals surface area contributed by atoms with Crippen molar-refractivity contribution in [1.82, 2.24) is 4.90 Å². The van der Waals surface area contributed by atoms with E-state index < -0.39 is 18.2 Å². The second-order valence-electron chi connectivity index (χ2n) is 3.71. The zero-order chi connectivity index (χ0) is 12.7. The van der Waals surface area contributed by atoms with Crippen LogP contribution in [0, 0.1) is 0 Å². The van der Waals surface area contributed by atoms with Crippen LogP contribution in [0.3, 0.4) is 0 Å². The van der Waals surface area contributed by atoms with Crippen molar-refractivity contribution < 1.29 is 20.2 Å². The molecule has 0 aromatic rings. The molecule has 7 heteroatoms. The van der Waals surface area contributed by atoms with Crippen LogP contribution in [0.15, 0.2) is 5.16 Å². The molecule has 0 bridgehead atoms. The smallest absolute Gasteiger partial charge is 0.407 e. The largest absolute Gasteiger partial charge is 0.465 e. The normalized spacial score (nSPS) is 15.6. The Bertz CT molecular complexity index is 255. The Labute approximate surface area is 94.2 Å². The van der Waals surface area contributed by atoms with Crippen LogP contribution in [0.25, 0.3) is 0 Å². The summed E-state index contributed by atoms with van der Waals surface area (Å²) < 4.78 is 0. The number of oxime groups is 1. The topological polar surface area (TPSA) is 119 Å². The van der Waals surface area contributed by atoms with Gasteiger partial charge in [0.25, 0.3) is 0 Å². The average Bonchev–Trinajstić information content (AvgIpc) is 2.22. The standard InChI is InChI=1S/C9H19N3O4/c1-6(13)4-3-5-7(8(10)11-16)12(2)9(14)15/h6-7,13,16H,3-5H2,1-2H3,(H2,10,11)(H,14,15). The number of likely N-dealkylation sites (N-methyl/N-ethyl adjacent to an activating group) is 1. The van der Waals surface area contributed by atoms with Crippen LogP contribution >= 0.6 is 0 Å². The molecule has 94 valence electrons. The molecule has 7 nitrogen and oxygen atoms in total. The number of hydrogen-bond donors (Lipinski definition) is 4. The van der Waals surface area contributed by atoms with E-state index >= 15 is 0 Å². The molecular formula is C9H19N3O4. The van der Waals surface area contributed by atoms with Crippen LogP contribution in [0.5, 0.6) is 0 Å². The van der Waals surface area contributed by atoms with Crippen LogP contribution in [-0.4, -0.2) is 51.4 Å². The SMILES string of the molecule is CC(O)CCCC(/C(N)=N/O)N(C)C(=O)O. The maximum atomic E-state index is 10.7. The van der Waals surface area contributed by atoms with Gasteiger partial charge in [0.15, 0.2) is 5.84 Å². The van der Waals surface area contributed by atoms with E-state index in [4.69, 9.17) is 21.2 Å². The molecule has 16 heavy (non-hydrogen) atoms. The first-order valence-electron chi connectivity index (χ1n) is 5.01. The zero-order valence-corrected chi connectivity index (χ0v) is 9.50. The van der Waals surface area contributed by atoms with Crippen LogP contribution in [-0.2, 0) is 0 Å². The van der Waals surface area contributed by atoms with Crippen molar-refractivity contribution in [2.24, 2.45) is 10.9 Å². The van der Waals surface area contributed by atoms with Crippen molar-refractivity contribution in [2.75, 3.05) is 7.05 Å². The van der Waals surface area contributed by atoms with Crippen LogP contribution in [0.2, 0.25) is 0 Å². The van der Waals surface area contributed by atoms with Gasteiger partial charge in [0.2, 0.25) is 0 Å². The van der Waals surface area contributed by atoms with Gasteiger partial charge in [0.05, 0.1) is 12.1 Å². The summed E-state index contributed by atoms with van der Waals surface area (Å²) in [5.74, 6) is -0.143. The summed E-state index contributed by atoms with van der Waals surface area (Å²) in [4.78, 5) is 11.7. The van der Waals surface area contributed by atoms with E-state index in [2.05, 4.69) is 5.16 Å². The van der Waals surface area contributed by atoms with Gasteiger partial charge in [-0.25, -0.2) is 4.79 Å². The van der Waals surface area contributed by atoms with Crippen molar-refractivity contribution >= 4 is 11.9 Å². The maximum Gasteiger partial charge on any atom is 0.407 e. The molecule has 0 aliphatic carbocycles. The van der Waals surface area contributed by atoms with Gasteiger partial charge in [-0.1, -0.05) is 5.16 Å². The number of carbonyl (C=O) groups is 1. The Morgan fingerprint density at radius 1 is 1.50 bits per heavy atom. The zero-order valence-electron chi connectivity index (χ0n) is 9.50. The lowest BCUT2D eigenvalue weighted by Gasteiger charge is -2.24. The van der Waals surface area contributed by atoms with E-state index in [0.29, 0.717) is 19.3 Å². The van der Waals surface area contributed by atoms with Crippen molar-refractivity contribution in [3.05, 3.63) is 0 Å². The summed E-state index contributed by atoms with van der Waals surface area (Å²) in [5.41, 5.74) is 5.41. The Morgan fingerprint density at radius 2 is 2.06 bits per heavy atom. The number of carboxylic acid groups (broad SMARTS) is 1. The lowest BCUT2D eigenvalue weighted by atomic mass is 10.1. The molecule has 0 saturated carbocycles. The number of nitrogens with zero attached hydrogens (tertiary/aromatic N) is 2. The van der Waals surface area contributed by atoms with E-state index in [9.17, 15) is 4.79 Å². The first kappa shape index (κ1) is 14.5. The van der Waals surface area contributed by atoms with Gasteiger partial charge >= 0.3 is 6.09 Å². The summed E-state index contributed by atoms with van der Waals surface area (Å²) in [6, 6.07) is -0.666. The van der Waals surface area contributed by atoms with Gasteiger partial charge < -0.3 is 26.1 Å². The van der Waals surface area contributed by atoms with Crippen molar-refractivity contribution in [3.63, 3.8) is 0 Å². The van der Waals surface area contributed by atoms with E-state index in [1.54, 1.807) is 6.92 Å². The lowest BCUT2D eigenvalue weighted by molar-refractivity contribution is 0.143. The molecular weight excluding hydrogens is 214 g/mol. The Balaban J connectivity index is 4.39. The first-order valence-corrected chi connectivity index (χ1v) is 5.01. The molecule has 0 heterocycles. The van der Waals surface area contributed by atoms with E-state index in [1.165, 1.54) is 7.05 Å². The van der Waals surface area contributed by atoms with E-state index in [0.717, 1.165) is 4.90 Å². The third-order valence-electron chi connectivity index (χ3n) is 2.33. The van der Waals surface area contributed by atoms with Crippen molar-refractivity contribution in [1.29, 1.82) is 0 Å². The molecule has 1 amide bonds. The maximum absolute atomic E-state index is 10.7. The molecule has 2 unspecified atom stereocenters. The van der Waals surface area contributed by atoms with Gasteiger partial charge in [0, 0.05) is 7.05 Å². The fourth-order valence-corrected chi connectivity index (χ4v) is 1.35. The van der Waals surface area contributed by atoms with Crippen LogP contribution < -0.4 is 5.73 Å². The Hall–Kier alpha value is -1.50. The monoisotopic (exact) mass is 233 g/mol. The predicted molar refractivity (Wildman–Crippen MR) is 58.5 cm³/mol. The minimum absolute atomic E-state index is 0.143. The van der Waals surface area contributed by atoms with Gasteiger partial charge in [-0.3, -0.25) is 0 Å². The van der Waals surface area contributed by atoms with Gasteiger partial charge in [-0.05, 0) is 26.2 Å². The Kier molecular flexibility index (Phi) is 6.24. The molecule has 0 spiro atoms. The highest BCUT2D eigenvalue weighted by Crippen LogP contribution is 2.09. The fourth-order valence-electron chi connectivity index (χ4n) is 1.35. The summed E-state index contributed by atoms with van der Waals surface area (Å²) in [6.45, 7) is 1.65. The van der Waals surface area contributed by atoms with E-state index in [1.807, 2.05) is 0 Å². The molecule has 0 aromatic carbocycles. The highest BCUT2D eigenvalue weighted by molar-refractivity contribution is 5.88. The predicted octanol–water partition coefficient (Wildman–Crippen LogP) is 0.262. The van der Waals surface area contributed by atoms with Crippen LogP contribution in [0.4, 0.5) is 4.79 Å². The fraction of sp³-hybridized carbons (Fsp3) is 0.778. The van der Waals surface area contributed by atoms with Crippen LogP contribution in [0.1, 0.15) is 26.2 Å². The third kappa shape index (κ3) is 4.83. The number of amides is 1. The second kappa shape index (κ2) is 6.89. The second-order valence-corrected chi connectivity index (χ2v) is 3.71. The molecule has 0 aromatic heterocycles. The molecule has 0 aliphatic heterocycles. The number of rotatable bonds is 6. The van der Waals surface area contributed by atoms with E-state index in [-0.39, 0.29) is 5.84 Å². The lowest BCUT2D eigenvalue weighted by Crippen LogP contribution is -2.45. The molecule has 0 rings (SSSR count). The number of amidine groups is 1. The minimum atomic E-state index is -1.14. The Morgan fingerprint density at radius 3 is 2.44 bits per heavy atom. The number of nitrogens with two attached hydrogens (primary N) is 1. The van der Waals surface area contributed by atoms with Crippen molar-refractivity contribution in [3.8, 4) is 0 Å². The van der Waals surface area contributed by atoms with Gasteiger partial charge in [0.1, 0.15) is 0 Å². The molecule has 2 atom stereocenters. The quantitative estimate of drug-likeness (QED) is 0.227. The highest BCUT2D eigenvalue weighted by atomic mass is 16.4. The first-order chi connectivity index (χ1) is 7.40. The summed E-state index contributed by atoms with van der Waals surface area (Å²) in [7, 11) is 1.35. The molecule has 0 radical (unpaired) electrons. The number of hydrogen-bond acceptors (Lipinski definition) is 4. The van der Waals surface area contributed by atoms with Crippen molar-refractivity contribution in [2.45, 2.75) is 38.3 Å². The summed E-state index contributed by atoms with van der Waals surface area (Å²) in [6.07, 6.45) is -0.0423. The molecule has 0 saturated heterocycles. The molecule has 5 N–H and O–H groups in total. The van der Waals surface area contributed by atoms with Gasteiger partial charge in [-0.2, -0.15) is 0 Å².